The summed E-state index contributed by atoms with van der Waals surface area (Å²) in [6, 6.07) is 3.94. The molecular weight excluding hydrogens is 244 g/mol. The molecule has 0 radical (unpaired) electrons. The molecule has 1 rings (SSSR count). The van der Waals surface area contributed by atoms with E-state index in [1.165, 1.54) is 23.1 Å². The van der Waals surface area contributed by atoms with E-state index in [-0.39, 0.29) is 17.0 Å². The van der Waals surface area contributed by atoms with Gasteiger partial charge in [-0.2, -0.15) is 0 Å². The maximum absolute atomic E-state index is 11.7. The molecule has 0 saturated heterocycles. The molecule has 0 aliphatic heterocycles. The third-order valence-corrected chi connectivity index (χ3v) is 2.54. The molecule has 6 nitrogen and oxygen atoms in total. The SMILES string of the molecule is CN(C)C(=O)c1cc(NS(C)(=O)=O)ccc1O. The molecule has 0 aliphatic rings. The maximum Gasteiger partial charge on any atom is 0.257 e. The number of benzene rings is 1. The van der Waals surface area contributed by atoms with E-state index < -0.39 is 15.9 Å². The molecule has 17 heavy (non-hydrogen) atoms. The highest BCUT2D eigenvalue weighted by molar-refractivity contribution is 7.92. The van der Waals surface area contributed by atoms with Crippen LogP contribution in [0.4, 0.5) is 5.69 Å². The van der Waals surface area contributed by atoms with Gasteiger partial charge in [-0.05, 0) is 18.2 Å². The summed E-state index contributed by atoms with van der Waals surface area (Å²) in [5.41, 5.74) is 0.277. The van der Waals surface area contributed by atoms with Gasteiger partial charge in [-0.1, -0.05) is 0 Å². The molecular formula is C10H14N2O4S. The molecule has 1 aromatic rings. The number of hydrogen-bond acceptors (Lipinski definition) is 4. The number of rotatable bonds is 3. The van der Waals surface area contributed by atoms with E-state index in [4.69, 9.17) is 0 Å². The molecule has 0 spiro atoms. The first-order chi connectivity index (χ1) is 7.70. The largest absolute Gasteiger partial charge is 0.507 e. The van der Waals surface area contributed by atoms with Crippen molar-refractivity contribution in [3.8, 4) is 5.75 Å². The third-order valence-electron chi connectivity index (χ3n) is 1.94. The van der Waals surface area contributed by atoms with Crippen molar-refractivity contribution in [1.29, 1.82) is 0 Å². The smallest absolute Gasteiger partial charge is 0.257 e. The number of aromatic hydroxyl groups is 1. The van der Waals surface area contributed by atoms with Crippen LogP contribution in [0.25, 0.3) is 0 Å². The predicted octanol–water partition coefficient (Wildman–Crippen LogP) is 0.465. The van der Waals surface area contributed by atoms with Crippen molar-refractivity contribution in [2.24, 2.45) is 0 Å². The summed E-state index contributed by atoms with van der Waals surface area (Å²) in [5.74, 6) is -0.595. The van der Waals surface area contributed by atoms with Gasteiger partial charge in [0.1, 0.15) is 5.75 Å². The Hall–Kier alpha value is -1.76. The van der Waals surface area contributed by atoms with Gasteiger partial charge >= 0.3 is 0 Å². The van der Waals surface area contributed by atoms with E-state index in [9.17, 15) is 18.3 Å². The van der Waals surface area contributed by atoms with E-state index in [2.05, 4.69) is 4.72 Å². The second kappa shape index (κ2) is 4.62. The van der Waals surface area contributed by atoms with E-state index in [1.54, 1.807) is 14.1 Å². The van der Waals surface area contributed by atoms with E-state index >= 15 is 0 Å². The summed E-state index contributed by atoms with van der Waals surface area (Å²) in [6.07, 6.45) is 1.01. The zero-order valence-electron chi connectivity index (χ0n) is 9.76. The molecule has 0 atom stereocenters. The highest BCUT2D eigenvalue weighted by Gasteiger charge is 2.14. The Morgan fingerprint density at radius 2 is 1.94 bits per heavy atom. The number of carbonyl (C=O) groups excluding carboxylic acids is 1. The van der Waals surface area contributed by atoms with Gasteiger partial charge in [-0.25, -0.2) is 8.42 Å². The molecule has 7 heteroatoms. The van der Waals surface area contributed by atoms with Gasteiger partial charge in [0.05, 0.1) is 11.8 Å². The number of anilines is 1. The quantitative estimate of drug-likeness (QED) is 0.771. The van der Waals surface area contributed by atoms with Gasteiger partial charge in [-0.3, -0.25) is 9.52 Å². The van der Waals surface area contributed by atoms with Crippen LogP contribution < -0.4 is 4.72 Å². The zero-order chi connectivity index (χ0) is 13.2. The summed E-state index contributed by atoms with van der Waals surface area (Å²) in [5, 5.41) is 9.53. The molecule has 0 bridgehead atoms. The van der Waals surface area contributed by atoms with Crippen LogP contribution >= 0.6 is 0 Å². The number of nitrogens with zero attached hydrogens (tertiary/aromatic N) is 1. The minimum atomic E-state index is -3.41. The molecule has 2 N–H and O–H groups in total. The number of amides is 1. The standard InChI is InChI=1S/C10H14N2O4S/c1-12(2)10(14)8-6-7(4-5-9(8)13)11-17(3,15)16/h4-6,11,13H,1-3H3. The van der Waals surface area contributed by atoms with Crippen LogP contribution in [0.15, 0.2) is 18.2 Å². The minimum Gasteiger partial charge on any atom is -0.507 e. The van der Waals surface area contributed by atoms with Crippen molar-refractivity contribution in [3.63, 3.8) is 0 Å². The first-order valence-electron chi connectivity index (χ1n) is 4.73. The number of phenols is 1. The summed E-state index contributed by atoms with van der Waals surface area (Å²) in [4.78, 5) is 13.0. The van der Waals surface area contributed by atoms with Gasteiger partial charge in [0.25, 0.3) is 5.91 Å². The van der Waals surface area contributed by atoms with Crippen molar-refractivity contribution < 1.29 is 18.3 Å². The molecule has 0 fully saturated rings. The molecule has 0 heterocycles. The summed E-state index contributed by atoms with van der Waals surface area (Å²) >= 11 is 0. The van der Waals surface area contributed by atoms with Crippen LogP contribution in [-0.2, 0) is 10.0 Å². The molecule has 0 saturated carbocycles. The van der Waals surface area contributed by atoms with Gasteiger partial charge in [0.2, 0.25) is 10.0 Å². The van der Waals surface area contributed by atoms with Crippen molar-refractivity contribution in [2.75, 3.05) is 25.1 Å². The van der Waals surface area contributed by atoms with Gasteiger partial charge in [0.15, 0.2) is 0 Å². The number of sulfonamides is 1. The van der Waals surface area contributed by atoms with Crippen LogP contribution in [0, 0.1) is 0 Å². The summed E-state index contributed by atoms with van der Waals surface area (Å²) in [6.45, 7) is 0. The monoisotopic (exact) mass is 258 g/mol. The Balaban J connectivity index is 3.15. The maximum atomic E-state index is 11.7. The van der Waals surface area contributed by atoms with Crippen molar-refractivity contribution in [2.45, 2.75) is 0 Å². The van der Waals surface area contributed by atoms with Crippen molar-refractivity contribution >= 4 is 21.6 Å². The fourth-order valence-corrected chi connectivity index (χ4v) is 1.78. The van der Waals surface area contributed by atoms with Crippen LogP contribution in [0.5, 0.6) is 5.75 Å². The summed E-state index contributed by atoms with van der Waals surface area (Å²) in [7, 11) is -0.329. The van der Waals surface area contributed by atoms with Crippen molar-refractivity contribution in [1.82, 2.24) is 4.90 Å². The highest BCUT2D eigenvalue weighted by Crippen LogP contribution is 2.22. The van der Waals surface area contributed by atoms with E-state index in [1.807, 2.05) is 0 Å². The first kappa shape index (κ1) is 13.3. The Morgan fingerprint density at radius 3 is 2.41 bits per heavy atom. The lowest BCUT2D eigenvalue weighted by Crippen LogP contribution is -2.22. The average Bonchev–Trinajstić information content (AvgIpc) is 2.17. The molecule has 0 unspecified atom stereocenters. The zero-order valence-corrected chi connectivity index (χ0v) is 10.6. The van der Waals surface area contributed by atoms with Crippen LogP contribution in [0.3, 0.4) is 0 Å². The molecule has 1 amide bonds. The van der Waals surface area contributed by atoms with Gasteiger partial charge in [0, 0.05) is 19.8 Å². The Kier molecular flexibility index (Phi) is 3.62. The minimum absolute atomic E-state index is 0.0450. The highest BCUT2D eigenvalue weighted by atomic mass is 32.2. The average molecular weight is 258 g/mol. The second-order valence-corrected chi connectivity index (χ2v) is 5.55. The predicted molar refractivity (Wildman–Crippen MR) is 64.6 cm³/mol. The van der Waals surface area contributed by atoms with E-state index in [0.717, 1.165) is 6.26 Å². The summed E-state index contributed by atoms with van der Waals surface area (Å²) < 4.78 is 24.3. The number of nitrogens with one attached hydrogen (secondary N) is 1. The molecule has 0 aromatic heterocycles. The van der Waals surface area contributed by atoms with Gasteiger partial charge < -0.3 is 10.0 Å². The fourth-order valence-electron chi connectivity index (χ4n) is 1.23. The van der Waals surface area contributed by atoms with Crippen LogP contribution in [0.1, 0.15) is 10.4 Å². The topological polar surface area (TPSA) is 86.7 Å². The number of phenolic OH excluding ortho intramolecular Hbond substituents is 1. The van der Waals surface area contributed by atoms with Crippen LogP contribution in [0.2, 0.25) is 0 Å². The number of carbonyl (C=O) groups is 1. The lowest BCUT2D eigenvalue weighted by atomic mass is 10.1. The molecule has 1 aromatic carbocycles. The Labute approximate surface area is 99.9 Å². The van der Waals surface area contributed by atoms with Crippen LogP contribution in [-0.4, -0.2) is 44.7 Å². The number of hydrogen-bond donors (Lipinski definition) is 2. The van der Waals surface area contributed by atoms with E-state index in [0.29, 0.717) is 0 Å². The van der Waals surface area contributed by atoms with Gasteiger partial charge in [-0.15, -0.1) is 0 Å². The molecule has 0 aliphatic carbocycles. The fraction of sp³-hybridized carbons (Fsp3) is 0.300. The Morgan fingerprint density at radius 1 is 1.35 bits per heavy atom. The lowest BCUT2D eigenvalue weighted by molar-refractivity contribution is 0.0824. The Bertz CT molecular complexity index is 537. The molecule has 94 valence electrons. The first-order valence-corrected chi connectivity index (χ1v) is 6.62. The van der Waals surface area contributed by atoms with Crippen molar-refractivity contribution in [3.05, 3.63) is 23.8 Å². The third kappa shape index (κ3) is 3.63. The second-order valence-electron chi connectivity index (χ2n) is 3.81. The normalized spacial score (nSPS) is 11.0. The lowest BCUT2D eigenvalue weighted by Gasteiger charge is -2.13.